The van der Waals surface area contributed by atoms with Crippen molar-refractivity contribution in [2.24, 2.45) is 5.73 Å². The van der Waals surface area contributed by atoms with Gasteiger partial charge in [0.1, 0.15) is 0 Å². The van der Waals surface area contributed by atoms with Crippen LogP contribution >= 0.6 is 12.4 Å². The Bertz CT molecular complexity index is 954. The molecule has 0 radical (unpaired) electrons. The lowest BCUT2D eigenvalue weighted by atomic mass is 9.99. The average molecular weight is 416 g/mol. The second-order valence-electron chi connectivity index (χ2n) is 8.17. The third kappa shape index (κ3) is 4.54. The van der Waals surface area contributed by atoms with Crippen LogP contribution in [0.4, 0.5) is 0 Å². The number of nitrogens with zero attached hydrogens (tertiary/aromatic N) is 4. The number of aryl methyl sites for hydroxylation is 3. The molecule has 0 spiro atoms. The molecule has 0 amide bonds. The van der Waals surface area contributed by atoms with Gasteiger partial charge in [0, 0.05) is 12.1 Å². The van der Waals surface area contributed by atoms with Gasteiger partial charge in [-0.05, 0) is 51.2 Å². The smallest absolute Gasteiger partial charge is 0.227 e. The highest BCUT2D eigenvalue weighted by Gasteiger charge is 2.35. The molecule has 0 aliphatic heterocycles. The summed E-state index contributed by atoms with van der Waals surface area (Å²) in [6, 6.07) is 8.61. The molecule has 1 aliphatic rings. The summed E-state index contributed by atoms with van der Waals surface area (Å²) in [5, 5.41) is 8.91. The van der Waals surface area contributed by atoms with E-state index in [1.807, 2.05) is 0 Å². The normalized spacial score (nSPS) is 15.4. The molecule has 156 valence electrons. The van der Waals surface area contributed by atoms with Crippen molar-refractivity contribution in [3.63, 3.8) is 0 Å². The molecule has 4 rings (SSSR count). The van der Waals surface area contributed by atoms with Crippen LogP contribution in [0.5, 0.6) is 0 Å². The first kappa shape index (κ1) is 21.5. The number of hydrogen-bond acceptors (Lipinski definition) is 5. The summed E-state index contributed by atoms with van der Waals surface area (Å²) in [6.45, 7) is 7.09. The minimum absolute atomic E-state index is 0. The van der Waals surface area contributed by atoms with E-state index in [2.05, 4.69) is 59.9 Å². The third-order valence-corrected chi connectivity index (χ3v) is 5.98. The van der Waals surface area contributed by atoms with E-state index in [1.54, 1.807) is 0 Å². The van der Waals surface area contributed by atoms with Crippen LogP contribution in [0.1, 0.15) is 65.5 Å². The molecule has 2 N–H and O–H groups in total. The van der Waals surface area contributed by atoms with Gasteiger partial charge in [0.05, 0.1) is 17.8 Å². The Balaban J connectivity index is 0.00000240. The second kappa shape index (κ2) is 8.67. The van der Waals surface area contributed by atoms with Crippen molar-refractivity contribution in [3.8, 4) is 0 Å². The SMILES string of the molecule is Cc1ccc(Cn2nc(C)c(CCc3nc(C4(N)CCCC4)no3)c2C)cc1.Cl. The van der Waals surface area contributed by atoms with Crippen molar-refractivity contribution >= 4 is 12.4 Å². The molecule has 1 aliphatic carbocycles. The van der Waals surface area contributed by atoms with E-state index in [0.29, 0.717) is 18.1 Å². The molecule has 0 bridgehead atoms. The molecule has 0 unspecified atom stereocenters. The predicted molar refractivity (Wildman–Crippen MR) is 115 cm³/mol. The molecule has 3 aromatic rings. The highest BCUT2D eigenvalue weighted by atomic mass is 35.5. The fraction of sp³-hybridized carbons (Fsp3) is 0.500. The number of halogens is 1. The van der Waals surface area contributed by atoms with E-state index >= 15 is 0 Å². The first-order chi connectivity index (χ1) is 13.4. The van der Waals surface area contributed by atoms with Gasteiger partial charge in [-0.3, -0.25) is 4.68 Å². The standard InChI is InChI=1S/C22H29N5O.ClH/c1-15-6-8-18(9-7-15)14-27-17(3)19(16(2)25-27)10-11-20-24-21(26-28-20)22(23)12-4-5-13-22;/h6-9H,4-5,10-14,23H2,1-3H3;1H. The van der Waals surface area contributed by atoms with Gasteiger partial charge in [0.25, 0.3) is 0 Å². The maximum Gasteiger partial charge on any atom is 0.227 e. The summed E-state index contributed by atoms with van der Waals surface area (Å²) in [7, 11) is 0. The number of aromatic nitrogens is 4. The first-order valence-electron chi connectivity index (χ1n) is 10.1. The lowest BCUT2D eigenvalue weighted by molar-refractivity contribution is 0.348. The molecule has 0 atom stereocenters. The summed E-state index contributed by atoms with van der Waals surface area (Å²) in [4.78, 5) is 4.59. The molecular formula is C22H30ClN5O. The van der Waals surface area contributed by atoms with Crippen LogP contribution in [0.25, 0.3) is 0 Å². The van der Waals surface area contributed by atoms with Crippen molar-refractivity contribution in [2.45, 2.75) is 71.4 Å². The van der Waals surface area contributed by atoms with Crippen LogP contribution in [0.2, 0.25) is 0 Å². The topological polar surface area (TPSA) is 82.8 Å². The van der Waals surface area contributed by atoms with Gasteiger partial charge >= 0.3 is 0 Å². The molecule has 0 saturated heterocycles. The summed E-state index contributed by atoms with van der Waals surface area (Å²) < 4.78 is 7.57. The first-order valence-corrected chi connectivity index (χ1v) is 10.1. The van der Waals surface area contributed by atoms with E-state index in [1.165, 1.54) is 22.4 Å². The van der Waals surface area contributed by atoms with Gasteiger partial charge in [-0.1, -0.05) is 47.8 Å². The van der Waals surface area contributed by atoms with E-state index in [4.69, 9.17) is 15.4 Å². The van der Waals surface area contributed by atoms with Crippen molar-refractivity contribution < 1.29 is 4.52 Å². The highest BCUT2D eigenvalue weighted by molar-refractivity contribution is 5.85. The molecule has 1 aromatic carbocycles. The van der Waals surface area contributed by atoms with E-state index < -0.39 is 5.54 Å². The van der Waals surface area contributed by atoms with Crippen LogP contribution in [-0.2, 0) is 24.9 Å². The van der Waals surface area contributed by atoms with Crippen LogP contribution in [0, 0.1) is 20.8 Å². The number of benzene rings is 1. The molecular weight excluding hydrogens is 386 g/mol. The van der Waals surface area contributed by atoms with Crippen LogP contribution in [0.15, 0.2) is 28.8 Å². The van der Waals surface area contributed by atoms with E-state index in [0.717, 1.165) is 44.3 Å². The molecule has 1 fully saturated rings. The summed E-state index contributed by atoms with van der Waals surface area (Å²) in [5.74, 6) is 1.33. The zero-order valence-electron chi connectivity index (χ0n) is 17.4. The molecule has 7 heteroatoms. The van der Waals surface area contributed by atoms with Gasteiger partial charge in [-0.15, -0.1) is 12.4 Å². The number of hydrogen-bond donors (Lipinski definition) is 1. The minimum Gasteiger partial charge on any atom is -0.339 e. The zero-order chi connectivity index (χ0) is 19.7. The Morgan fingerprint density at radius 3 is 2.45 bits per heavy atom. The van der Waals surface area contributed by atoms with Crippen molar-refractivity contribution in [1.82, 2.24) is 19.9 Å². The third-order valence-electron chi connectivity index (χ3n) is 5.98. The summed E-state index contributed by atoms with van der Waals surface area (Å²) in [5.41, 5.74) is 12.1. The van der Waals surface area contributed by atoms with Gasteiger partial charge < -0.3 is 10.3 Å². The van der Waals surface area contributed by atoms with Crippen LogP contribution < -0.4 is 5.73 Å². The lowest BCUT2D eigenvalue weighted by Crippen LogP contribution is -2.34. The molecule has 29 heavy (non-hydrogen) atoms. The van der Waals surface area contributed by atoms with Gasteiger partial charge in [0.15, 0.2) is 5.82 Å². The monoisotopic (exact) mass is 415 g/mol. The molecule has 1 saturated carbocycles. The Kier molecular flexibility index (Phi) is 6.44. The van der Waals surface area contributed by atoms with Gasteiger partial charge in [-0.25, -0.2) is 0 Å². The largest absolute Gasteiger partial charge is 0.339 e. The van der Waals surface area contributed by atoms with Crippen LogP contribution in [0.3, 0.4) is 0 Å². The summed E-state index contributed by atoms with van der Waals surface area (Å²) in [6.07, 6.45) is 5.70. The molecule has 6 nitrogen and oxygen atoms in total. The average Bonchev–Trinajstić information content (AvgIpc) is 3.38. The summed E-state index contributed by atoms with van der Waals surface area (Å²) >= 11 is 0. The molecule has 2 heterocycles. The van der Waals surface area contributed by atoms with Gasteiger partial charge in [0.2, 0.25) is 5.89 Å². The van der Waals surface area contributed by atoms with Crippen LogP contribution in [-0.4, -0.2) is 19.9 Å². The predicted octanol–water partition coefficient (Wildman–Crippen LogP) is 4.17. The Labute approximate surface area is 178 Å². The Morgan fingerprint density at radius 2 is 1.76 bits per heavy atom. The van der Waals surface area contributed by atoms with E-state index in [-0.39, 0.29) is 12.4 Å². The number of rotatable bonds is 6. The number of nitrogens with two attached hydrogens (primary N) is 1. The fourth-order valence-electron chi connectivity index (χ4n) is 4.14. The fourth-order valence-corrected chi connectivity index (χ4v) is 4.14. The maximum absolute atomic E-state index is 6.44. The molecule has 2 aromatic heterocycles. The van der Waals surface area contributed by atoms with Crippen molar-refractivity contribution in [3.05, 3.63) is 64.1 Å². The second-order valence-corrected chi connectivity index (χ2v) is 8.17. The van der Waals surface area contributed by atoms with Crippen molar-refractivity contribution in [1.29, 1.82) is 0 Å². The lowest BCUT2D eigenvalue weighted by Gasteiger charge is -2.17. The zero-order valence-corrected chi connectivity index (χ0v) is 18.3. The van der Waals surface area contributed by atoms with Gasteiger partial charge in [-0.2, -0.15) is 10.1 Å². The Hall–Kier alpha value is -2.18. The highest BCUT2D eigenvalue weighted by Crippen LogP contribution is 2.34. The quantitative estimate of drug-likeness (QED) is 0.653. The van der Waals surface area contributed by atoms with E-state index in [9.17, 15) is 0 Å². The maximum atomic E-state index is 6.44. The van der Waals surface area contributed by atoms with Crippen molar-refractivity contribution in [2.75, 3.05) is 0 Å². The minimum atomic E-state index is -0.396. The Morgan fingerprint density at radius 1 is 1.07 bits per heavy atom.